The van der Waals surface area contributed by atoms with Gasteiger partial charge in [-0.15, -0.1) is 0 Å². The number of anilines is 3. The number of benzene rings is 3. The molecular formula is C24H23N3O4S. The maximum absolute atomic E-state index is 12.5. The van der Waals surface area contributed by atoms with Gasteiger partial charge >= 0.3 is 0 Å². The fraction of sp³-hybridized carbons (Fsp3) is 0.167. The van der Waals surface area contributed by atoms with Crippen LogP contribution in [0.2, 0.25) is 0 Å². The van der Waals surface area contributed by atoms with Crippen LogP contribution >= 0.6 is 0 Å². The van der Waals surface area contributed by atoms with E-state index in [1.54, 1.807) is 65.6 Å². The Labute approximate surface area is 187 Å². The van der Waals surface area contributed by atoms with Crippen LogP contribution in [0.25, 0.3) is 0 Å². The normalized spacial score (nSPS) is 13.8. The maximum atomic E-state index is 12.5. The van der Waals surface area contributed by atoms with Crippen molar-refractivity contribution in [3.8, 4) is 0 Å². The summed E-state index contributed by atoms with van der Waals surface area (Å²) in [6, 6.07) is 19.9. The van der Waals surface area contributed by atoms with Gasteiger partial charge in [-0.2, -0.15) is 0 Å². The van der Waals surface area contributed by atoms with Crippen LogP contribution < -0.4 is 14.9 Å². The second-order valence-corrected chi connectivity index (χ2v) is 9.33. The zero-order valence-corrected chi connectivity index (χ0v) is 18.4. The second-order valence-electron chi connectivity index (χ2n) is 7.65. The summed E-state index contributed by atoms with van der Waals surface area (Å²) in [5, 5.41) is 2.81. The summed E-state index contributed by atoms with van der Waals surface area (Å²) in [5.74, 6) is -0.206. The van der Waals surface area contributed by atoms with Crippen LogP contribution in [0.5, 0.6) is 0 Å². The molecule has 1 aliphatic heterocycles. The van der Waals surface area contributed by atoms with Gasteiger partial charge in [-0.05, 0) is 74.0 Å². The minimum Gasteiger partial charge on any atom is -0.322 e. The third-order valence-corrected chi connectivity index (χ3v) is 6.64. The van der Waals surface area contributed by atoms with Crippen molar-refractivity contribution in [1.29, 1.82) is 0 Å². The Morgan fingerprint density at radius 3 is 2.09 bits per heavy atom. The van der Waals surface area contributed by atoms with Crippen molar-refractivity contribution in [2.75, 3.05) is 21.5 Å². The summed E-state index contributed by atoms with van der Waals surface area (Å²) >= 11 is 0. The molecule has 3 aromatic carbocycles. The number of nitrogens with one attached hydrogen (secondary N) is 2. The van der Waals surface area contributed by atoms with E-state index in [-0.39, 0.29) is 16.7 Å². The van der Waals surface area contributed by atoms with Crippen LogP contribution in [0.4, 0.5) is 17.1 Å². The first-order valence-corrected chi connectivity index (χ1v) is 11.7. The Kier molecular flexibility index (Phi) is 5.96. The average Bonchev–Trinajstić information content (AvgIpc) is 3.20. The lowest BCUT2D eigenvalue weighted by molar-refractivity contribution is -0.117. The molecule has 0 atom stereocenters. The average molecular weight is 450 g/mol. The Morgan fingerprint density at radius 2 is 1.50 bits per heavy atom. The van der Waals surface area contributed by atoms with Crippen LogP contribution in [-0.2, 0) is 14.8 Å². The molecule has 1 fully saturated rings. The largest absolute Gasteiger partial charge is 0.322 e. The monoisotopic (exact) mass is 449 g/mol. The summed E-state index contributed by atoms with van der Waals surface area (Å²) in [4.78, 5) is 26.3. The number of carbonyl (C=O) groups excluding carboxylic acids is 2. The van der Waals surface area contributed by atoms with E-state index in [2.05, 4.69) is 10.0 Å². The zero-order valence-electron chi connectivity index (χ0n) is 17.5. The molecule has 32 heavy (non-hydrogen) atoms. The van der Waals surface area contributed by atoms with Gasteiger partial charge in [0.25, 0.3) is 15.9 Å². The molecule has 0 unspecified atom stereocenters. The molecular weight excluding hydrogens is 426 g/mol. The number of carbonyl (C=O) groups is 2. The molecule has 0 aliphatic carbocycles. The number of aryl methyl sites for hydroxylation is 1. The smallest absolute Gasteiger partial charge is 0.261 e. The van der Waals surface area contributed by atoms with Gasteiger partial charge in [0.05, 0.1) is 4.90 Å². The quantitative estimate of drug-likeness (QED) is 0.590. The predicted octanol–water partition coefficient (Wildman–Crippen LogP) is 4.17. The van der Waals surface area contributed by atoms with E-state index >= 15 is 0 Å². The minimum atomic E-state index is -3.71. The molecule has 1 aliphatic rings. The molecule has 4 rings (SSSR count). The van der Waals surface area contributed by atoms with Crippen molar-refractivity contribution in [1.82, 2.24) is 0 Å². The van der Waals surface area contributed by atoms with Crippen molar-refractivity contribution < 1.29 is 18.0 Å². The Bertz CT molecular complexity index is 1240. The third kappa shape index (κ3) is 4.81. The fourth-order valence-corrected chi connectivity index (χ4v) is 4.53. The summed E-state index contributed by atoms with van der Waals surface area (Å²) in [6.45, 7) is 2.60. The first-order chi connectivity index (χ1) is 15.3. The van der Waals surface area contributed by atoms with Crippen LogP contribution in [0.3, 0.4) is 0 Å². The molecule has 0 spiro atoms. The van der Waals surface area contributed by atoms with E-state index in [9.17, 15) is 18.0 Å². The van der Waals surface area contributed by atoms with E-state index in [4.69, 9.17) is 0 Å². The Morgan fingerprint density at radius 1 is 0.875 bits per heavy atom. The third-order valence-electron chi connectivity index (χ3n) is 5.24. The number of sulfonamides is 1. The van der Waals surface area contributed by atoms with Gasteiger partial charge < -0.3 is 10.2 Å². The first-order valence-electron chi connectivity index (χ1n) is 10.2. The molecule has 164 valence electrons. The number of hydrogen-bond acceptors (Lipinski definition) is 4. The minimum absolute atomic E-state index is 0.111. The lowest BCUT2D eigenvalue weighted by Gasteiger charge is -2.16. The standard InChI is InChI=1S/C24H23N3O4S/c1-17-4-14-22(15-5-17)32(30,31)26-20-8-6-18(7-9-20)24(29)25-19-10-12-21(13-11-19)27-16-2-3-23(27)28/h4-15,26H,2-3,16H2,1H3,(H,25,29). The van der Waals surface area contributed by atoms with Crippen LogP contribution in [0, 0.1) is 6.92 Å². The topological polar surface area (TPSA) is 95.6 Å². The van der Waals surface area contributed by atoms with Gasteiger partial charge in [0.15, 0.2) is 0 Å². The van der Waals surface area contributed by atoms with E-state index in [0.717, 1.165) is 17.7 Å². The molecule has 3 aromatic rings. The summed E-state index contributed by atoms with van der Waals surface area (Å²) in [7, 11) is -3.71. The molecule has 0 aromatic heterocycles. The highest BCUT2D eigenvalue weighted by molar-refractivity contribution is 7.92. The lowest BCUT2D eigenvalue weighted by atomic mass is 10.2. The van der Waals surface area contributed by atoms with Crippen LogP contribution in [0.15, 0.2) is 77.7 Å². The first kappa shape index (κ1) is 21.6. The number of hydrogen-bond donors (Lipinski definition) is 2. The Balaban J connectivity index is 1.40. The van der Waals surface area contributed by atoms with Gasteiger partial charge in [0.1, 0.15) is 0 Å². The van der Waals surface area contributed by atoms with Gasteiger partial charge in [0.2, 0.25) is 5.91 Å². The Hall–Kier alpha value is -3.65. The van der Waals surface area contributed by atoms with Crippen molar-refractivity contribution in [2.45, 2.75) is 24.7 Å². The SMILES string of the molecule is Cc1ccc(S(=O)(=O)Nc2ccc(C(=O)Nc3ccc(N4CCCC4=O)cc3)cc2)cc1. The molecule has 1 saturated heterocycles. The van der Waals surface area contributed by atoms with Gasteiger partial charge in [-0.3, -0.25) is 14.3 Å². The lowest BCUT2D eigenvalue weighted by Crippen LogP contribution is -2.23. The zero-order chi connectivity index (χ0) is 22.7. The highest BCUT2D eigenvalue weighted by Crippen LogP contribution is 2.23. The van der Waals surface area contributed by atoms with E-state index < -0.39 is 10.0 Å². The maximum Gasteiger partial charge on any atom is 0.261 e. The van der Waals surface area contributed by atoms with Gasteiger partial charge in [-0.25, -0.2) is 8.42 Å². The summed E-state index contributed by atoms with van der Waals surface area (Å²) < 4.78 is 27.5. The molecule has 0 saturated carbocycles. The summed E-state index contributed by atoms with van der Waals surface area (Å²) in [5.41, 5.74) is 3.15. The number of amides is 2. The van der Waals surface area contributed by atoms with Gasteiger partial charge in [-0.1, -0.05) is 17.7 Å². The molecule has 0 bridgehead atoms. The fourth-order valence-electron chi connectivity index (χ4n) is 3.47. The van der Waals surface area contributed by atoms with Crippen LogP contribution in [0.1, 0.15) is 28.8 Å². The molecule has 8 heteroatoms. The second kappa shape index (κ2) is 8.84. The highest BCUT2D eigenvalue weighted by atomic mass is 32.2. The molecule has 1 heterocycles. The van der Waals surface area contributed by atoms with E-state index in [1.807, 2.05) is 19.1 Å². The molecule has 2 amide bonds. The van der Waals surface area contributed by atoms with Crippen molar-refractivity contribution in [3.63, 3.8) is 0 Å². The van der Waals surface area contributed by atoms with Crippen molar-refractivity contribution >= 4 is 38.9 Å². The molecule has 2 N–H and O–H groups in total. The highest BCUT2D eigenvalue weighted by Gasteiger charge is 2.21. The molecule has 7 nitrogen and oxygen atoms in total. The van der Waals surface area contributed by atoms with E-state index in [0.29, 0.717) is 29.9 Å². The summed E-state index contributed by atoms with van der Waals surface area (Å²) in [6.07, 6.45) is 1.42. The number of rotatable bonds is 6. The van der Waals surface area contributed by atoms with Crippen molar-refractivity contribution in [3.05, 3.63) is 83.9 Å². The molecule has 0 radical (unpaired) electrons. The predicted molar refractivity (Wildman–Crippen MR) is 124 cm³/mol. The van der Waals surface area contributed by atoms with Crippen LogP contribution in [-0.4, -0.2) is 26.8 Å². The van der Waals surface area contributed by atoms with Crippen molar-refractivity contribution in [2.24, 2.45) is 0 Å². The number of nitrogens with zero attached hydrogens (tertiary/aromatic N) is 1. The van der Waals surface area contributed by atoms with Gasteiger partial charge in [0, 0.05) is 35.6 Å². The van der Waals surface area contributed by atoms with E-state index in [1.165, 1.54) is 0 Å².